The van der Waals surface area contributed by atoms with Crippen molar-refractivity contribution < 1.29 is 27.1 Å². The molecule has 0 radical (unpaired) electrons. The van der Waals surface area contributed by atoms with Crippen molar-refractivity contribution >= 4 is 16.0 Å². The van der Waals surface area contributed by atoms with Crippen molar-refractivity contribution in [1.29, 1.82) is 0 Å². The molecule has 8 heteroatoms. The predicted molar refractivity (Wildman–Crippen MR) is 76.2 cm³/mol. The first kappa shape index (κ1) is 16.8. The van der Waals surface area contributed by atoms with Gasteiger partial charge >= 0.3 is 5.97 Å². The molecule has 2 N–H and O–H groups in total. The molecule has 1 aliphatic rings. The Balaban J connectivity index is 1.96. The number of carboxylic acids is 1. The third kappa shape index (κ3) is 4.74. The minimum absolute atomic E-state index is 0.00374. The summed E-state index contributed by atoms with van der Waals surface area (Å²) in [5, 5.41) is 9.14. The Morgan fingerprint density at radius 2 is 1.91 bits per heavy atom. The molecule has 22 heavy (non-hydrogen) atoms. The van der Waals surface area contributed by atoms with Gasteiger partial charge in [-0.05, 0) is 17.9 Å². The van der Waals surface area contributed by atoms with Crippen LogP contribution in [0, 0.1) is 5.92 Å². The van der Waals surface area contributed by atoms with Crippen LogP contribution in [0.25, 0.3) is 0 Å². The van der Waals surface area contributed by atoms with Crippen molar-refractivity contribution in [2.75, 3.05) is 5.75 Å². The minimum Gasteiger partial charge on any atom is -0.480 e. The van der Waals surface area contributed by atoms with Crippen LogP contribution in [0.3, 0.4) is 0 Å². The summed E-state index contributed by atoms with van der Waals surface area (Å²) in [7, 11) is -3.92. The van der Waals surface area contributed by atoms with Gasteiger partial charge in [-0.15, -0.1) is 0 Å². The Labute approximate surface area is 127 Å². The van der Waals surface area contributed by atoms with Gasteiger partial charge in [0.05, 0.1) is 5.75 Å². The largest absolute Gasteiger partial charge is 0.480 e. The number of rotatable bonds is 7. The van der Waals surface area contributed by atoms with Crippen molar-refractivity contribution in [2.45, 2.75) is 31.2 Å². The summed E-state index contributed by atoms with van der Waals surface area (Å²) in [4.78, 5) is 11.2. The molecule has 5 nitrogen and oxygen atoms in total. The number of hydrogen-bond acceptors (Lipinski definition) is 3. The summed E-state index contributed by atoms with van der Waals surface area (Å²) < 4.78 is 51.4. The third-order valence-electron chi connectivity index (χ3n) is 3.53. The highest BCUT2D eigenvalue weighted by atomic mass is 32.2. The predicted octanol–water partition coefficient (Wildman–Crippen LogP) is 1.65. The molecule has 1 saturated carbocycles. The fraction of sp³-hybridized carbons (Fsp3) is 0.500. The van der Waals surface area contributed by atoms with E-state index in [0.717, 1.165) is 0 Å². The van der Waals surface area contributed by atoms with Gasteiger partial charge in [0, 0.05) is 12.8 Å². The van der Waals surface area contributed by atoms with Crippen LogP contribution in [0.2, 0.25) is 0 Å². The number of alkyl halides is 2. The molecule has 0 bridgehead atoms. The first-order valence-corrected chi connectivity index (χ1v) is 8.47. The number of sulfonamides is 1. The van der Waals surface area contributed by atoms with E-state index in [0.29, 0.717) is 5.56 Å². The van der Waals surface area contributed by atoms with Crippen molar-refractivity contribution in [3.05, 3.63) is 35.9 Å². The second kappa shape index (κ2) is 6.29. The van der Waals surface area contributed by atoms with Crippen LogP contribution in [0.5, 0.6) is 0 Å². The van der Waals surface area contributed by atoms with Gasteiger partial charge in [-0.2, -0.15) is 0 Å². The molecular weight excluding hydrogens is 316 g/mol. The molecule has 0 heterocycles. The van der Waals surface area contributed by atoms with E-state index in [-0.39, 0.29) is 6.42 Å². The molecule has 1 fully saturated rings. The van der Waals surface area contributed by atoms with E-state index in [1.807, 2.05) is 0 Å². The Kier molecular flexibility index (Phi) is 4.81. The van der Waals surface area contributed by atoms with Gasteiger partial charge in [-0.25, -0.2) is 21.9 Å². The van der Waals surface area contributed by atoms with Crippen molar-refractivity contribution in [2.24, 2.45) is 5.92 Å². The maximum atomic E-state index is 12.7. The van der Waals surface area contributed by atoms with Crippen LogP contribution < -0.4 is 4.72 Å². The topological polar surface area (TPSA) is 83.5 Å². The lowest BCUT2D eigenvalue weighted by molar-refractivity contribution is -0.139. The highest BCUT2D eigenvalue weighted by Gasteiger charge is 2.47. The molecule has 1 aliphatic carbocycles. The number of benzene rings is 1. The molecule has 2 rings (SSSR count). The van der Waals surface area contributed by atoms with Crippen molar-refractivity contribution in [3.8, 4) is 0 Å². The van der Waals surface area contributed by atoms with Crippen LogP contribution in [0.4, 0.5) is 8.78 Å². The van der Waals surface area contributed by atoms with E-state index in [9.17, 15) is 22.0 Å². The van der Waals surface area contributed by atoms with E-state index in [2.05, 4.69) is 4.72 Å². The summed E-state index contributed by atoms with van der Waals surface area (Å²) in [5.74, 6) is -5.19. The lowest BCUT2D eigenvalue weighted by Gasteiger charge is -2.34. The summed E-state index contributed by atoms with van der Waals surface area (Å²) in [5.41, 5.74) is 0.674. The molecule has 1 atom stereocenters. The minimum atomic E-state index is -3.92. The Bertz CT molecular complexity index is 626. The Hall–Kier alpha value is -1.54. The fourth-order valence-electron chi connectivity index (χ4n) is 2.51. The van der Waals surface area contributed by atoms with Crippen molar-refractivity contribution in [3.63, 3.8) is 0 Å². The second-order valence-corrected chi connectivity index (χ2v) is 7.41. The van der Waals surface area contributed by atoms with E-state index in [1.165, 1.54) is 0 Å². The molecule has 0 aliphatic heterocycles. The SMILES string of the molecule is O=C(O)[C@@H](Cc1ccccc1)NS(=O)(=O)CC1CC(F)(F)C1. The average Bonchev–Trinajstić information content (AvgIpc) is 2.36. The van der Waals surface area contributed by atoms with Crippen LogP contribution >= 0.6 is 0 Å². The van der Waals surface area contributed by atoms with E-state index in [4.69, 9.17) is 5.11 Å². The summed E-state index contributed by atoms with van der Waals surface area (Å²) in [6.07, 6.45) is -0.940. The van der Waals surface area contributed by atoms with Gasteiger partial charge < -0.3 is 5.11 Å². The number of carbonyl (C=O) groups is 1. The summed E-state index contributed by atoms with van der Waals surface area (Å²) in [6.45, 7) is 0. The molecule has 0 amide bonds. The van der Waals surface area contributed by atoms with Crippen LogP contribution in [0.15, 0.2) is 30.3 Å². The normalized spacial score (nSPS) is 19.4. The molecule has 0 spiro atoms. The van der Waals surface area contributed by atoms with Crippen LogP contribution in [-0.2, 0) is 21.2 Å². The molecule has 0 unspecified atom stereocenters. The maximum Gasteiger partial charge on any atom is 0.322 e. The van der Waals surface area contributed by atoms with Gasteiger partial charge in [0.25, 0.3) is 0 Å². The van der Waals surface area contributed by atoms with Crippen molar-refractivity contribution in [1.82, 2.24) is 4.72 Å². The number of halogens is 2. The van der Waals surface area contributed by atoms with Gasteiger partial charge in [-0.1, -0.05) is 30.3 Å². The smallest absolute Gasteiger partial charge is 0.322 e. The Morgan fingerprint density at radius 3 is 2.41 bits per heavy atom. The van der Waals surface area contributed by atoms with E-state index in [1.54, 1.807) is 30.3 Å². The zero-order chi connectivity index (χ0) is 16.4. The monoisotopic (exact) mass is 333 g/mol. The fourth-order valence-corrected chi connectivity index (χ4v) is 4.08. The number of aliphatic carboxylic acids is 1. The van der Waals surface area contributed by atoms with Gasteiger partial charge in [0.1, 0.15) is 6.04 Å². The summed E-state index contributed by atoms with van der Waals surface area (Å²) in [6, 6.07) is 7.28. The molecule has 1 aromatic carbocycles. The maximum absolute atomic E-state index is 12.7. The average molecular weight is 333 g/mol. The Morgan fingerprint density at radius 1 is 1.32 bits per heavy atom. The zero-order valence-electron chi connectivity index (χ0n) is 11.7. The number of nitrogens with one attached hydrogen (secondary N) is 1. The first-order valence-electron chi connectivity index (χ1n) is 6.81. The molecule has 122 valence electrons. The highest BCUT2D eigenvalue weighted by molar-refractivity contribution is 7.89. The molecule has 1 aromatic rings. The quantitative estimate of drug-likeness (QED) is 0.795. The van der Waals surface area contributed by atoms with Gasteiger partial charge in [0.15, 0.2) is 0 Å². The molecular formula is C14H17F2NO4S. The molecule has 0 saturated heterocycles. The second-order valence-electron chi connectivity index (χ2n) is 5.61. The zero-order valence-corrected chi connectivity index (χ0v) is 12.5. The highest BCUT2D eigenvalue weighted by Crippen LogP contribution is 2.42. The van der Waals surface area contributed by atoms with Crippen LogP contribution in [0.1, 0.15) is 18.4 Å². The van der Waals surface area contributed by atoms with Gasteiger partial charge in [0.2, 0.25) is 15.9 Å². The van der Waals surface area contributed by atoms with E-state index < -0.39 is 52.5 Å². The lowest BCUT2D eigenvalue weighted by Crippen LogP contribution is -2.47. The number of carboxylic acid groups (broad SMARTS) is 1. The van der Waals surface area contributed by atoms with Crippen LogP contribution in [-0.4, -0.2) is 37.2 Å². The van der Waals surface area contributed by atoms with Gasteiger partial charge in [-0.3, -0.25) is 4.79 Å². The van der Waals surface area contributed by atoms with E-state index >= 15 is 0 Å². The molecule has 0 aromatic heterocycles. The number of hydrogen-bond donors (Lipinski definition) is 2. The lowest BCUT2D eigenvalue weighted by atomic mass is 9.83. The standard InChI is InChI=1S/C14H17F2NO4S/c15-14(16)7-11(8-14)9-22(20,21)17-12(13(18)19)6-10-4-2-1-3-5-10/h1-5,11-12,17H,6-9H2,(H,18,19)/t12-/m1/s1. The third-order valence-corrected chi connectivity index (χ3v) is 5.09. The first-order chi connectivity index (χ1) is 10.2. The summed E-state index contributed by atoms with van der Waals surface area (Å²) >= 11 is 0.